The van der Waals surface area contributed by atoms with E-state index in [1.54, 1.807) is 0 Å². The number of pyridine rings is 1. The predicted molar refractivity (Wildman–Crippen MR) is 206 cm³/mol. The first-order chi connectivity index (χ1) is 23.5. The second kappa shape index (κ2) is 10.2. The van der Waals surface area contributed by atoms with Crippen molar-refractivity contribution >= 4 is 53.2 Å². The summed E-state index contributed by atoms with van der Waals surface area (Å²) in [5.41, 5.74) is 13.8. The highest BCUT2D eigenvalue weighted by molar-refractivity contribution is 7.26. The Morgan fingerprint density at radius 3 is 2.10 bits per heavy atom. The molecule has 0 fully saturated rings. The Morgan fingerprint density at radius 1 is 0.479 bits per heavy atom. The summed E-state index contributed by atoms with van der Waals surface area (Å²) in [5.74, 6) is 0. The highest BCUT2D eigenvalue weighted by Crippen LogP contribution is 2.50. The molecule has 2 aromatic heterocycles. The Bertz CT molecular complexity index is 2760. The summed E-state index contributed by atoms with van der Waals surface area (Å²) in [4.78, 5) is 4.90. The van der Waals surface area contributed by atoms with Crippen molar-refractivity contribution in [2.24, 2.45) is 0 Å². The van der Waals surface area contributed by atoms with Crippen molar-refractivity contribution < 1.29 is 0 Å². The zero-order chi connectivity index (χ0) is 32.0. The van der Waals surface area contributed by atoms with Crippen molar-refractivity contribution in [3.63, 3.8) is 0 Å². The average Bonchev–Trinajstić information content (AvgIpc) is 3.63. The van der Waals surface area contributed by atoms with Gasteiger partial charge in [0.2, 0.25) is 0 Å². The lowest BCUT2D eigenvalue weighted by Crippen LogP contribution is -2.14. The molecule has 0 aliphatic heterocycles. The molecule has 0 spiro atoms. The Labute approximate surface area is 283 Å². The second-order valence-corrected chi connectivity index (χ2v) is 14.6. The van der Waals surface area contributed by atoms with Gasteiger partial charge in [-0.05, 0) is 97.4 Å². The number of rotatable bonds is 3. The SMILES string of the molecule is CC1(C)c2ccccc2-c2ccc(-c3cc(-c4cccc5c4sc4ccccc45)cc(-c4cccc5ccc6cccnc6c45)c3)cc21. The van der Waals surface area contributed by atoms with Gasteiger partial charge in [0.1, 0.15) is 0 Å². The number of fused-ring (bicyclic) bond motifs is 9. The van der Waals surface area contributed by atoms with Crippen LogP contribution in [-0.4, -0.2) is 4.98 Å². The molecule has 0 saturated heterocycles. The van der Waals surface area contributed by atoms with Gasteiger partial charge < -0.3 is 0 Å². The number of benzene rings is 7. The van der Waals surface area contributed by atoms with Crippen molar-refractivity contribution in [1.29, 1.82) is 0 Å². The van der Waals surface area contributed by atoms with Crippen LogP contribution in [0.15, 0.2) is 152 Å². The van der Waals surface area contributed by atoms with E-state index in [9.17, 15) is 0 Å². The number of hydrogen-bond acceptors (Lipinski definition) is 2. The normalized spacial score (nSPS) is 13.4. The molecule has 2 heterocycles. The van der Waals surface area contributed by atoms with Crippen LogP contribution in [0.2, 0.25) is 0 Å². The Balaban J connectivity index is 1.26. The molecule has 1 nitrogen and oxygen atoms in total. The maximum absolute atomic E-state index is 4.90. The van der Waals surface area contributed by atoms with Crippen LogP contribution < -0.4 is 0 Å². The van der Waals surface area contributed by atoms with Crippen LogP contribution in [0.25, 0.3) is 86.4 Å². The van der Waals surface area contributed by atoms with E-state index in [4.69, 9.17) is 4.98 Å². The topological polar surface area (TPSA) is 12.9 Å². The summed E-state index contributed by atoms with van der Waals surface area (Å²) < 4.78 is 2.65. The largest absolute Gasteiger partial charge is 0.256 e. The molecule has 226 valence electrons. The number of thiophene rings is 1. The van der Waals surface area contributed by atoms with Gasteiger partial charge in [-0.25, -0.2) is 0 Å². The van der Waals surface area contributed by atoms with Gasteiger partial charge >= 0.3 is 0 Å². The minimum Gasteiger partial charge on any atom is -0.256 e. The quantitative estimate of drug-likeness (QED) is 0.177. The molecule has 7 aromatic carbocycles. The maximum Gasteiger partial charge on any atom is 0.0786 e. The van der Waals surface area contributed by atoms with Crippen LogP contribution in [0, 0.1) is 0 Å². The molecule has 0 amide bonds. The van der Waals surface area contributed by atoms with Crippen LogP contribution in [0.4, 0.5) is 0 Å². The van der Waals surface area contributed by atoms with Gasteiger partial charge in [-0.15, -0.1) is 11.3 Å². The summed E-state index contributed by atoms with van der Waals surface area (Å²) in [6.07, 6.45) is 1.91. The predicted octanol–water partition coefficient (Wildman–Crippen LogP) is 13.1. The van der Waals surface area contributed by atoms with Gasteiger partial charge in [0.05, 0.1) is 5.52 Å². The van der Waals surface area contributed by atoms with Crippen LogP contribution in [0.1, 0.15) is 25.0 Å². The first-order valence-corrected chi connectivity index (χ1v) is 17.4. The second-order valence-electron chi connectivity index (χ2n) is 13.6. The molecule has 1 aliphatic carbocycles. The monoisotopic (exact) mass is 629 g/mol. The lowest BCUT2D eigenvalue weighted by molar-refractivity contribution is 0.660. The molecule has 0 unspecified atom stereocenters. The van der Waals surface area contributed by atoms with Crippen molar-refractivity contribution in [2.45, 2.75) is 19.3 Å². The minimum absolute atomic E-state index is 0.0642. The van der Waals surface area contributed by atoms with Crippen molar-refractivity contribution in [2.75, 3.05) is 0 Å². The molecular formula is C46H31NS. The molecule has 10 rings (SSSR count). The molecule has 2 heteroatoms. The number of hydrogen-bond donors (Lipinski definition) is 0. The van der Waals surface area contributed by atoms with E-state index in [0.717, 1.165) is 10.9 Å². The van der Waals surface area contributed by atoms with E-state index in [2.05, 4.69) is 153 Å². The van der Waals surface area contributed by atoms with Crippen molar-refractivity contribution in [1.82, 2.24) is 4.98 Å². The molecule has 9 aromatic rings. The van der Waals surface area contributed by atoms with E-state index in [-0.39, 0.29) is 5.41 Å². The highest BCUT2D eigenvalue weighted by atomic mass is 32.1. The Hall–Kier alpha value is -5.57. The van der Waals surface area contributed by atoms with Gasteiger partial charge in [-0.2, -0.15) is 0 Å². The lowest BCUT2D eigenvalue weighted by Gasteiger charge is -2.22. The Kier molecular flexibility index (Phi) is 5.86. The fourth-order valence-electron chi connectivity index (χ4n) is 8.12. The summed E-state index contributed by atoms with van der Waals surface area (Å²) in [7, 11) is 0. The first kappa shape index (κ1) is 27.5. The van der Waals surface area contributed by atoms with E-state index in [1.807, 2.05) is 23.6 Å². The minimum atomic E-state index is -0.0642. The first-order valence-electron chi connectivity index (χ1n) is 16.6. The summed E-state index contributed by atoms with van der Waals surface area (Å²) in [6, 6.07) is 54.0. The summed E-state index contributed by atoms with van der Waals surface area (Å²) in [6.45, 7) is 4.72. The van der Waals surface area contributed by atoms with Crippen LogP contribution in [0.3, 0.4) is 0 Å². The van der Waals surface area contributed by atoms with Crippen LogP contribution in [0.5, 0.6) is 0 Å². The summed E-state index contributed by atoms with van der Waals surface area (Å²) >= 11 is 1.89. The maximum atomic E-state index is 4.90. The van der Waals surface area contributed by atoms with Gasteiger partial charge in [-0.1, -0.05) is 123 Å². The third kappa shape index (κ3) is 4.00. The van der Waals surface area contributed by atoms with Gasteiger partial charge in [0.25, 0.3) is 0 Å². The smallest absolute Gasteiger partial charge is 0.0786 e. The molecule has 0 N–H and O–H groups in total. The van der Waals surface area contributed by atoms with Gasteiger partial charge in [0.15, 0.2) is 0 Å². The third-order valence-electron chi connectivity index (χ3n) is 10.5. The molecule has 0 bridgehead atoms. The van der Waals surface area contributed by atoms with Crippen molar-refractivity contribution in [3.8, 4) is 44.5 Å². The van der Waals surface area contributed by atoms with Crippen LogP contribution in [-0.2, 0) is 5.41 Å². The van der Waals surface area contributed by atoms with Crippen LogP contribution >= 0.6 is 11.3 Å². The van der Waals surface area contributed by atoms with E-state index >= 15 is 0 Å². The van der Waals surface area contributed by atoms with Gasteiger partial charge in [0, 0.05) is 42.6 Å². The molecular weight excluding hydrogens is 599 g/mol. The fourth-order valence-corrected chi connectivity index (χ4v) is 9.36. The highest BCUT2D eigenvalue weighted by Gasteiger charge is 2.35. The lowest BCUT2D eigenvalue weighted by atomic mass is 9.81. The van der Waals surface area contributed by atoms with E-state index in [0.29, 0.717) is 0 Å². The van der Waals surface area contributed by atoms with Gasteiger partial charge in [-0.3, -0.25) is 4.98 Å². The van der Waals surface area contributed by atoms with E-state index < -0.39 is 0 Å². The van der Waals surface area contributed by atoms with Crippen molar-refractivity contribution in [3.05, 3.63) is 163 Å². The molecule has 48 heavy (non-hydrogen) atoms. The molecule has 0 atom stereocenters. The average molecular weight is 630 g/mol. The summed E-state index contributed by atoms with van der Waals surface area (Å²) in [5, 5.41) is 6.20. The number of nitrogens with zero attached hydrogens (tertiary/aromatic N) is 1. The third-order valence-corrected chi connectivity index (χ3v) is 11.7. The fraction of sp³-hybridized carbons (Fsp3) is 0.0652. The zero-order valence-electron chi connectivity index (χ0n) is 26.8. The molecule has 0 radical (unpaired) electrons. The standard InChI is InChI=1S/C46H31NS/c1-46(2)40-17-5-3-12-36(40)37-22-21-30(27-41(37)46)31-24-32(34-14-7-10-28-19-20-29-11-9-23-47-44(29)43(28)34)26-33(25-31)35-15-8-16-39-38-13-4-6-18-42(38)48-45(35)39/h3-27H,1-2H3. The zero-order valence-corrected chi connectivity index (χ0v) is 27.6. The molecule has 0 saturated carbocycles. The van der Waals surface area contributed by atoms with E-state index in [1.165, 1.54) is 86.6 Å². The molecule has 1 aliphatic rings. The number of aromatic nitrogens is 1. The Morgan fingerprint density at radius 2 is 1.17 bits per heavy atom.